The Balaban J connectivity index is 5.25. The van der Waals surface area contributed by atoms with E-state index in [-0.39, 0.29) is 0 Å². The summed E-state index contributed by atoms with van der Waals surface area (Å²) >= 11 is -1.98. The quantitative estimate of drug-likeness (QED) is 0.731. The minimum absolute atomic E-state index is 0.525. The summed E-state index contributed by atoms with van der Waals surface area (Å²) in [5.41, 5.74) is 0. The average Bonchev–Trinajstić information content (AvgIpc) is 2.04. The summed E-state index contributed by atoms with van der Waals surface area (Å²) in [6.07, 6.45) is 1.30. The summed E-state index contributed by atoms with van der Waals surface area (Å²) in [7, 11) is 2.19. The Morgan fingerprint density at radius 3 is 1.50 bits per heavy atom. The van der Waals surface area contributed by atoms with E-state index in [2.05, 4.69) is 59.8 Å². The maximum atomic E-state index is 3.79. The molecule has 2 heteroatoms. The Bertz CT molecular complexity index is 165. The average molecular weight is 260 g/mol. The molecule has 0 aromatic heterocycles. The van der Waals surface area contributed by atoms with E-state index in [1.54, 1.807) is 0 Å². The molecule has 14 heavy (non-hydrogen) atoms. The fourth-order valence-corrected chi connectivity index (χ4v) is 17.9. The summed E-state index contributed by atoms with van der Waals surface area (Å²) in [6.45, 7) is 16.9. The molecule has 0 rings (SSSR count). The summed E-state index contributed by atoms with van der Waals surface area (Å²) in [5.74, 6) is 0. The number of hydrogen-bond acceptors (Lipinski definition) is 1. The zero-order chi connectivity index (χ0) is 11.6. The van der Waals surface area contributed by atoms with Gasteiger partial charge in [0.1, 0.15) is 0 Å². The van der Waals surface area contributed by atoms with E-state index in [9.17, 15) is 0 Å². The van der Waals surface area contributed by atoms with E-state index in [1.807, 2.05) is 0 Å². The van der Waals surface area contributed by atoms with Gasteiger partial charge in [-0.25, -0.2) is 0 Å². The zero-order valence-corrected chi connectivity index (χ0v) is 13.5. The predicted octanol–water partition coefficient (Wildman–Crippen LogP) is 4.16. The standard InChI is InChI=1S/C12H29GeN/c1-9-12(6,7)13(14-8,10(2)3)11(4)5/h10-11,14H,9H2,1-8H3. The van der Waals surface area contributed by atoms with Crippen molar-refractivity contribution in [1.82, 2.24) is 4.27 Å². The van der Waals surface area contributed by atoms with Gasteiger partial charge in [-0.15, -0.1) is 0 Å². The third-order valence-electron chi connectivity index (χ3n) is 4.24. The molecule has 0 aliphatic rings. The number of rotatable bonds is 5. The first kappa shape index (κ1) is 14.5. The second-order valence-corrected chi connectivity index (χ2v) is 18.0. The van der Waals surface area contributed by atoms with Crippen LogP contribution in [-0.4, -0.2) is 20.5 Å². The molecule has 0 atom stereocenters. The molecule has 0 radical (unpaired) electrons. The van der Waals surface area contributed by atoms with Crippen LogP contribution in [0, 0.1) is 0 Å². The van der Waals surface area contributed by atoms with E-state index >= 15 is 0 Å². The first-order chi connectivity index (χ1) is 6.26. The molecule has 0 aromatic carbocycles. The topological polar surface area (TPSA) is 12.0 Å². The van der Waals surface area contributed by atoms with Crippen molar-refractivity contribution in [1.29, 1.82) is 0 Å². The first-order valence-electron chi connectivity index (χ1n) is 5.95. The molecule has 0 saturated heterocycles. The third-order valence-corrected chi connectivity index (χ3v) is 19.1. The molecule has 0 saturated carbocycles. The summed E-state index contributed by atoms with van der Waals surface area (Å²) < 4.78 is 6.00. The number of hydrogen-bond donors (Lipinski definition) is 1. The van der Waals surface area contributed by atoms with Crippen LogP contribution in [0.25, 0.3) is 0 Å². The second kappa shape index (κ2) is 5.02. The van der Waals surface area contributed by atoms with Crippen LogP contribution in [-0.2, 0) is 0 Å². The van der Waals surface area contributed by atoms with Gasteiger partial charge >= 0.3 is 93.4 Å². The van der Waals surface area contributed by atoms with Crippen LogP contribution in [0.1, 0.15) is 54.9 Å². The molecule has 0 bridgehead atoms. The van der Waals surface area contributed by atoms with Crippen LogP contribution in [0.3, 0.4) is 0 Å². The van der Waals surface area contributed by atoms with E-state index in [0.29, 0.717) is 4.25 Å². The van der Waals surface area contributed by atoms with Gasteiger partial charge in [0.2, 0.25) is 0 Å². The normalized spacial score (nSPS) is 14.1. The van der Waals surface area contributed by atoms with E-state index in [0.717, 1.165) is 9.50 Å². The van der Waals surface area contributed by atoms with Gasteiger partial charge in [-0.1, -0.05) is 0 Å². The van der Waals surface area contributed by atoms with Crippen molar-refractivity contribution in [2.45, 2.75) is 68.6 Å². The van der Waals surface area contributed by atoms with Crippen molar-refractivity contribution in [2.75, 3.05) is 7.05 Å². The molecule has 0 heterocycles. The first-order valence-corrected chi connectivity index (χ1v) is 10.5. The molecular weight excluding hydrogens is 231 g/mol. The van der Waals surface area contributed by atoms with Crippen LogP contribution in [0.15, 0.2) is 0 Å². The Labute approximate surface area is 93.6 Å². The van der Waals surface area contributed by atoms with Gasteiger partial charge in [-0.2, -0.15) is 0 Å². The van der Waals surface area contributed by atoms with Crippen LogP contribution in [0.5, 0.6) is 0 Å². The van der Waals surface area contributed by atoms with Crippen molar-refractivity contribution in [2.24, 2.45) is 0 Å². The summed E-state index contributed by atoms with van der Waals surface area (Å²) in [6, 6.07) is 0. The van der Waals surface area contributed by atoms with Gasteiger partial charge in [0.05, 0.1) is 0 Å². The number of nitrogens with one attached hydrogen (secondary N) is 1. The molecule has 0 amide bonds. The summed E-state index contributed by atoms with van der Waals surface area (Å²) in [5, 5.41) is 0. The Kier molecular flexibility index (Phi) is 5.20. The second-order valence-electron chi connectivity index (χ2n) is 5.67. The molecule has 0 aromatic rings. The molecule has 0 unspecified atom stereocenters. The molecule has 0 aliphatic carbocycles. The molecule has 1 N–H and O–H groups in total. The van der Waals surface area contributed by atoms with Gasteiger partial charge in [0.15, 0.2) is 0 Å². The fraction of sp³-hybridized carbons (Fsp3) is 1.00. The summed E-state index contributed by atoms with van der Waals surface area (Å²) in [4.78, 5) is 0. The third kappa shape index (κ3) is 2.19. The molecule has 1 nitrogen and oxygen atoms in total. The van der Waals surface area contributed by atoms with Gasteiger partial charge in [0, 0.05) is 0 Å². The van der Waals surface area contributed by atoms with Crippen LogP contribution >= 0.6 is 0 Å². The molecular formula is C12H29GeN. The van der Waals surface area contributed by atoms with E-state index in [4.69, 9.17) is 0 Å². The van der Waals surface area contributed by atoms with E-state index in [1.165, 1.54) is 6.42 Å². The minimum atomic E-state index is -1.98. The Morgan fingerprint density at radius 1 is 1.07 bits per heavy atom. The molecule has 86 valence electrons. The monoisotopic (exact) mass is 261 g/mol. The fourth-order valence-electron chi connectivity index (χ4n) is 3.44. The molecule has 0 aliphatic heterocycles. The molecule has 0 spiro atoms. The van der Waals surface area contributed by atoms with Crippen LogP contribution < -0.4 is 4.27 Å². The van der Waals surface area contributed by atoms with Gasteiger partial charge < -0.3 is 0 Å². The van der Waals surface area contributed by atoms with Crippen molar-refractivity contribution in [3.8, 4) is 0 Å². The van der Waals surface area contributed by atoms with Crippen molar-refractivity contribution in [3.05, 3.63) is 0 Å². The van der Waals surface area contributed by atoms with Crippen molar-refractivity contribution < 1.29 is 0 Å². The SMILES string of the molecule is CC[C](C)(C)[Ge]([NH]C)([CH](C)C)[CH](C)C. The van der Waals surface area contributed by atoms with Crippen molar-refractivity contribution >= 4 is 13.5 Å². The Morgan fingerprint density at radius 2 is 1.43 bits per heavy atom. The van der Waals surface area contributed by atoms with Crippen LogP contribution in [0.2, 0.25) is 13.7 Å². The molecule has 0 fully saturated rings. The van der Waals surface area contributed by atoms with Gasteiger partial charge in [-0.05, 0) is 0 Å². The maximum absolute atomic E-state index is 3.79. The van der Waals surface area contributed by atoms with Gasteiger partial charge in [-0.3, -0.25) is 0 Å². The van der Waals surface area contributed by atoms with Crippen molar-refractivity contribution in [3.63, 3.8) is 0 Å². The Hall–Kier alpha value is 0.503. The predicted molar refractivity (Wildman–Crippen MR) is 69.3 cm³/mol. The van der Waals surface area contributed by atoms with Crippen LogP contribution in [0.4, 0.5) is 0 Å². The van der Waals surface area contributed by atoms with Gasteiger partial charge in [0.25, 0.3) is 0 Å². The van der Waals surface area contributed by atoms with E-state index < -0.39 is 13.5 Å². The zero-order valence-electron chi connectivity index (χ0n) is 11.4.